The number of nitrogens with two attached hydrogens (primary N) is 5. The average Bonchev–Trinajstić information content (AvgIpc) is 3.65. The van der Waals surface area contributed by atoms with E-state index in [1.165, 1.54) is 18.0 Å². The molecule has 0 aliphatic heterocycles. The second-order valence-electron chi connectivity index (χ2n) is 11.7. The summed E-state index contributed by atoms with van der Waals surface area (Å²) in [6, 6.07) is 14.0. The number of nitrogens with zero attached hydrogens (tertiary/aromatic N) is 4. The van der Waals surface area contributed by atoms with Crippen LogP contribution >= 0.6 is 23.4 Å². The van der Waals surface area contributed by atoms with Crippen molar-refractivity contribution in [3.63, 3.8) is 0 Å². The summed E-state index contributed by atoms with van der Waals surface area (Å²) in [5, 5.41) is 11.2. The summed E-state index contributed by atoms with van der Waals surface area (Å²) in [4.78, 5) is 37.5. The number of nitrogen functional groups attached to an aromatic ring is 1. The van der Waals surface area contributed by atoms with E-state index in [0.29, 0.717) is 83.0 Å². The highest BCUT2D eigenvalue weighted by Gasteiger charge is 2.25. The molecule has 0 saturated heterocycles. The standard InChI is InChI=1S/C36H40ClN9O6S/c1-44-31-30(27(16-40)34(46-32(31)43)53-20-24-17-50-33(45-24)22-6-10-23(37)11-7-22)21-8-12-25(13-9-21)49-18-26(52-36(48)29(42)5-3-15-39)19-51-35(47)28(41)4-2-14-38/h6-13,17,26,28-29H,2-5,14-15,18-20,38-39,41-42H2,(H2,43,46)/t26-,28-,29-/m0/s1. The van der Waals surface area contributed by atoms with Gasteiger partial charge < -0.3 is 47.3 Å². The van der Waals surface area contributed by atoms with Crippen LogP contribution in [0.5, 0.6) is 5.75 Å². The lowest BCUT2D eigenvalue weighted by Crippen LogP contribution is -2.40. The first-order valence-corrected chi connectivity index (χ1v) is 17.9. The summed E-state index contributed by atoms with van der Waals surface area (Å²) in [5.74, 6) is -0.328. The Kier molecular flexibility index (Phi) is 15.4. The third-order valence-electron chi connectivity index (χ3n) is 7.71. The molecule has 2 aromatic heterocycles. The van der Waals surface area contributed by atoms with Crippen LogP contribution in [-0.4, -0.2) is 66.4 Å². The highest BCUT2D eigenvalue weighted by atomic mass is 35.5. The number of carbonyl (C=O) groups is 2. The SMILES string of the molecule is [C-]#[N+]c1c(N)nc(SCc2coc(-c3ccc(Cl)cc3)n2)c(C#N)c1-c1ccc(OC[C@@H](COC(=O)[C@@H](N)CCCN)OC(=O)[C@@H](N)CCCN)cc1. The molecule has 2 aromatic carbocycles. The normalized spacial score (nSPS) is 12.6. The Hall–Kier alpha value is -5.20. The highest BCUT2D eigenvalue weighted by Crippen LogP contribution is 2.42. The van der Waals surface area contributed by atoms with Crippen LogP contribution in [-0.2, 0) is 24.8 Å². The van der Waals surface area contributed by atoms with Gasteiger partial charge in [-0.25, -0.2) is 14.8 Å². The zero-order valence-corrected chi connectivity index (χ0v) is 30.3. The molecule has 278 valence electrons. The fourth-order valence-electron chi connectivity index (χ4n) is 4.88. The maximum atomic E-state index is 12.7. The number of pyridine rings is 1. The zero-order chi connectivity index (χ0) is 38.3. The molecule has 3 atom stereocenters. The van der Waals surface area contributed by atoms with E-state index >= 15 is 0 Å². The van der Waals surface area contributed by atoms with Crippen LogP contribution in [0.2, 0.25) is 5.02 Å². The number of anilines is 1. The molecule has 4 aromatic rings. The maximum Gasteiger partial charge on any atom is 0.323 e. The molecular formula is C36H40ClN9O6S. The molecule has 2 heterocycles. The number of carbonyl (C=O) groups excluding carboxylic acids is 2. The predicted octanol–water partition coefficient (Wildman–Crippen LogP) is 4.32. The van der Waals surface area contributed by atoms with Crippen molar-refractivity contribution in [3.05, 3.63) is 82.5 Å². The lowest BCUT2D eigenvalue weighted by atomic mass is 10.00. The second kappa shape index (κ2) is 20.1. The Bertz CT molecular complexity index is 1930. The van der Waals surface area contributed by atoms with Gasteiger partial charge in [0.25, 0.3) is 0 Å². The number of nitriles is 1. The van der Waals surface area contributed by atoms with Gasteiger partial charge in [0.1, 0.15) is 54.2 Å². The summed E-state index contributed by atoms with van der Waals surface area (Å²) in [6.45, 7) is 8.00. The van der Waals surface area contributed by atoms with Gasteiger partial charge in [-0.1, -0.05) is 35.5 Å². The summed E-state index contributed by atoms with van der Waals surface area (Å²) in [6.07, 6.45) is 2.22. The van der Waals surface area contributed by atoms with E-state index in [0.717, 1.165) is 5.56 Å². The van der Waals surface area contributed by atoms with Crippen LogP contribution in [0, 0.1) is 17.9 Å². The van der Waals surface area contributed by atoms with Crippen molar-refractivity contribution >= 4 is 46.8 Å². The van der Waals surface area contributed by atoms with E-state index in [4.69, 9.17) is 65.5 Å². The fourth-order valence-corrected chi connectivity index (χ4v) is 5.88. The van der Waals surface area contributed by atoms with Crippen molar-refractivity contribution < 1.29 is 28.2 Å². The van der Waals surface area contributed by atoms with E-state index in [1.807, 2.05) is 0 Å². The monoisotopic (exact) mass is 761 g/mol. The molecule has 4 rings (SSSR count). The number of hydrogen-bond acceptors (Lipinski definition) is 15. The number of hydrogen-bond donors (Lipinski definition) is 5. The van der Waals surface area contributed by atoms with Gasteiger partial charge in [0, 0.05) is 21.9 Å². The highest BCUT2D eigenvalue weighted by molar-refractivity contribution is 7.98. The van der Waals surface area contributed by atoms with Crippen molar-refractivity contribution in [1.82, 2.24) is 9.97 Å². The van der Waals surface area contributed by atoms with E-state index in [1.54, 1.807) is 48.5 Å². The number of benzene rings is 2. The summed E-state index contributed by atoms with van der Waals surface area (Å²) in [5.41, 5.74) is 31.5. The molecule has 0 bridgehead atoms. The first-order valence-electron chi connectivity index (χ1n) is 16.5. The first-order chi connectivity index (χ1) is 25.6. The van der Waals surface area contributed by atoms with Gasteiger partial charge >= 0.3 is 11.9 Å². The van der Waals surface area contributed by atoms with Crippen LogP contribution in [0.1, 0.15) is 36.9 Å². The maximum absolute atomic E-state index is 12.7. The Morgan fingerprint density at radius 1 is 0.962 bits per heavy atom. The molecule has 15 nitrogen and oxygen atoms in total. The van der Waals surface area contributed by atoms with E-state index < -0.39 is 30.1 Å². The Morgan fingerprint density at radius 2 is 1.60 bits per heavy atom. The number of oxazole rings is 1. The zero-order valence-electron chi connectivity index (χ0n) is 28.7. The number of aromatic nitrogens is 2. The van der Waals surface area contributed by atoms with Crippen LogP contribution in [0.3, 0.4) is 0 Å². The Balaban J connectivity index is 1.49. The smallest absolute Gasteiger partial charge is 0.323 e. The summed E-state index contributed by atoms with van der Waals surface area (Å²) in [7, 11) is 0. The number of thioether (sulfide) groups is 1. The van der Waals surface area contributed by atoms with Gasteiger partial charge in [-0.2, -0.15) is 5.26 Å². The van der Waals surface area contributed by atoms with Crippen molar-refractivity contribution in [3.8, 4) is 34.4 Å². The van der Waals surface area contributed by atoms with Gasteiger partial charge in [-0.15, -0.1) is 0 Å². The molecule has 0 radical (unpaired) electrons. The molecule has 0 unspecified atom stereocenters. The number of rotatable bonds is 19. The van der Waals surface area contributed by atoms with E-state index in [2.05, 4.69) is 20.9 Å². The fraction of sp³-hybridized carbons (Fsp3) is 0.333. The number of halogens is 1. The van der Waals surface area contributed by atoms with Gasteiger partial charge in [0.05, 0.1) is 17.8 Å². The summed E-state index contributed by atoms with van der Waals surface area (Å²) < 4.78 is 22.4. The topological polar surface area (TPSA) is 259 Å². The van der Waals surface area contributed by atoms with Crippen LogP contribution in [0.25, 0.3) is 27.4 Å². The molecule has 53 heavy (non-hydrogen) atoms. The van der Waals surface area contributed by atoms with Crippen LogP contribution < -0.4 is 33.4 Å². The number of esters is 2. The quantitative estimate of drug-likeness (QED) is 0.0506. The van der Waals surface area contributed by atoms with Gasteiger partial charge in [0.2, 0.25) is 11.6 Å². The third-order valence-corrected chi connectivity index (χ3v) is 8.97. The van der Waals surface area contributed by atoms with Gasteiger partial charge in [-0.3, -0.25) is 9.59 Å². The third kappa shape index (κ3) is 11.4. The molecular weight excluding hydrogens is 722 g/mol. The van der Waals surface area contributed by atoms with Crippen molar-refractivity contribution in [1.29, 1.82) is 5.26 Å². The van der Waals surface area contributed by atoms with E-state index in [-0.39, 0.29) is 30.3 Å². The first kappa shape index (κ1) is 40.6. The van der Waals surface area contributed by atoms with Gasteiger partial charge in [-0.05, 0) is 80.7 Å². The predicted molar refractivity (Wildman–Crippen MR) is 200 cm³/mol. The molecule has 0 fully saturated rings. The average molecular weight is 762 g/mol. The second-order valence-corrected chi connectivity index (χ2v) is 13.1. The molecule has 0 amide bonds. The summed E-state index contributed by atoms with van der Waals surface area (Å²) >= 11 is 7.21. The minimum atomic E-state index is -1.01. The molecule has 0 spiro atoms. The molecule has 10 N–H and O–H groups in total. The minimum absolute atomic E-state index is 0.0236. The largest absolute Gasteiger partial charge is 0.490 e. The van der Waals surface area contributed by atoms with E-state index in [9.17, 15) is 14.9 Å². The lowest BCUT2D eigenvalue weighted by Gasteiger charge is -2.21. The molecule has 0 aliphatic carbocycles. The minimum Gasteiger partial charge on any atom is -0.490 e. The van der Waals surface area contributed by atoms with Gasteiger partial charge in [0.15, 0.2) is 6.10 Å². The molecule has 0 saturated carbocycles. The Labute approximate surface area is 315 Å². The van der Waals surface area contributed by atoms with Crippen molar-refractivity contribution in [2.24, 2.45) is 22.9 Å². The molecule has 17 heteroatoms. The van der Waals surface area contributed by atoms with Crippen LogP contribution in [0.4, 0.5) is 11.5 Å². The lowest BCUT2D eigenvalue weighted by molar-refractivity contribution is -0.162. The Morgan fingerprint density at radius 3 is 2.23 bits per heavy atom. The molecule has 0 aliphatic rings. The van der Waals surface area contributed by atoms with Crippen LogP contribution in [0.15, 0.2) is 64.2 Å². The number of ether oxygens (including phenoxy) is 3. The van der Waals surface area contributed by atoms with Crippen molar-refractivity contribution in [2.75, 3.05) is 32.0 Å². The van der Waals surface area contributed by atoms with Crippen molar-refractivity contribution in [2.45, 2.75) is 54.6 Å².